The molecule has 0 aliphatic carbocycles. The summed E-state index contributed by atoms with van der Waals surface area (Å²) >= 11 is 0. The van der Waals surface area contributed by atoms with Gasteiger partial charge in [0.05, 0.1) is 23.2 Å². The molecular weight excluding hydrogens is 358 g/mol. The average molecular weight is 396 g/mol. The van der Waals surface area contributed by atoms with E-state index in [4.69, 9.17) is 4.74 Å². The van der Waals surface area contributed by atoms with E-state index in [9.17, 15) is 8.42 Å². The molecule has 0 spiro atoms. The molecule has 4 nitrogen and oxygen atoms in total. The highest BCUT2D eigenvalue weighted by Crippen LogP contribution is 2.21. The van der Waals surface area contributed by atoms with Crippen molar-refractivity contribution in [3.05, 3.63) is 29.8 Å². The van der Waals surface area contributed by atoms with Crippen molar-refractivity contribution in [1.29, 1.82) is 0 Å². The van der Waals surface area contributed by atoms with Crippen molar-refractivity contribution in [2.24, 2.45) is 0 Å². The van der Waals surface area contributed by atoms with E-state index in [0.29, 0.717) is 5.75 Å². The summed E-state index contributed by atoms with van der Waals surface area (Å²) in [5.74, 6) is 0.338. The van der Waals surface area contributed by atoms with Crippen molar-refractivity contribution < 1.29 is 13.2 Å². The maximum absolute atomic E-state index is 11.8. The second-order valence-corrected chi connectivity index (χ2v) is 10.9. The third-order valence-electron chi connectivity index (χ3n) is 5.33. The summed E-state index contributed by atoms with van der Waals surface area (Å²) in [5.41, 5.74) is 2.67. The van der Waals surface area contributed by atoms with Crippen molar-refractivity contribution in [2.45, 2.75) is 83.7 Å². The van der Waals surface area contributed by atoms with Crippen LogP contribution < -0.4 is 4.90 Å². The first-order valence-electron chi connectivity index (χ1n) is 10.5. The van der Waals surface area contributed by atoms with Crippen LogP contribution in [0.4, 0.5) is 5.69 Å². The van der Waals surface area contributed by atoms with Gasteiger partial charge in [0.2, 0.25) is 0 Å². The van der Waals surface area contributed by atoms with E-state index in [2.05, 4.69) is 43.0 Å². The lowest BCUT2D eigenvalue weighted by Gasteiger charge is -2.36. The summed E-state index contributed by atoms with van der Waals surface area (Å²) in [4.78, 5) is 2.41. The molecule has 0 unspecified atom stereocenters. The third kappa shape index (κ3) is 7.46. The fourth-order valence-corrected chi connectivity index (χ4v) is 4.74. The molecule has 1 aromatic rings. The van der Waals surface area contributed by atoms with Crippen LogP contribution in [-0.2, 0) is 21.0 Å². The van der Waals surface area contributed by atoms with Crippen molar-refractivity contribution in [1.82, 2.24) is 0 Å². The van der Waals surface area contributed by atoms with Gasteiger partial charge in [0.25, 0.3) is 0 Å². The van der Waals surface area contributed by atoms with Gasteiger partial charge in [-0.15, -0.1) is 0 Å². The first-order chi connectivity index (χ1) is 12.8. The molecule has 0 N–H and O–H groups in total. The molecule has 27 heavy (non-hydrogen) atoms. The van der Waals surface area contributed by atoms with Gasteiger partial charge in [0.15, 0.2) is 9.84 Å². The lowest BCUT2D eigenvalue weighted by Crippen LogP contribution is -2.45. The molecule has 1 saturated heterocycles. The zero-order chi connectivity index (χ0) is 19.9. The van der Waals surface area contributed by atoms with Gasteiger partial charge in [0.1, 0.15) is 0 Å². The number of anilines is 1. The Hall–Kier alpha value is -1.07. The normalized spacial score (nSPS) is 21.0. The smallest absolute Gasteiger partial charge is 0.152 e. The number of ether oxygens (including phenoxy) is 1. The predicted octanol–water partition coefficient (Wildman–Crippen LogP) is 4.62. The molecule has 5 heteroatoms. The topological polar surface area (TPSA) is 46.6 Å². The molecule has 1 aliphatic heterocycles. The third-order valence-corrected chi connectivity index (χ3v) is 7.63. The number of rotatable bonds is 10. The van der Waals surface area contributed by atoms with Crippen LogP contribution in [0.15, 0.2) is 24.3 Å². The first-order valence-corrected chi connectivity index (χ1v) is 12.2. The van der Waals surface area contributed by atoms with Crippen molar-refractivity contribution in [3.8, 4) is 0 Å². The highest BCUT2D eigenvalue weighted by atomic mass is 32.2. The fourth-order valence-electron chi connectivity index (χ4n) is 3.66. The zero-order valence-electron chi connectivity index (χ0n) is 17.5. The summed E-state index contributed by atoms with van der Waals surface area (Å²) in [6.07, 6.45) is 6.93. The number of benzene rings is 1. The van der Waals surface area contributed by atoms with E-state index in [-0.39, 0.29) is 17.5 Å². The highest BCUT2D eigenvalue weighted by Gasteiger charge is 2.22. The maximum atomic E-state index is 11.8. The van der Waals surface area contributed by atoms with Crippen LogP contribution in [0, 0.1) is 0 Å². The highest BCUT2D eigenvalue weighted by molar-refractivity contribution is 7.91. The number of sulfone groups is 1. The fraction of sp³-hybridized carbons (Fsp3) is 0.727. The summed E-state index contributed by atoms with van der Waals surface area (Å²) in [7, 11) is -2.87. The molecular formula is C22H37NO3S. The number of unbranched alkanes of at least 4 members (excludes halogenated alkanes) is 4. The van der Waals surface area contributed by atoms with Gasteiger partial charge >= 0.3 is 0 Å². The minimum Gasteiger partial charge on any atom is -0.372 e. The molecule has 0 radical (unpaired) electrons. The Morgan fingerprint density at radius 2 is 1.52 bits per heavy atom. The largest absolute Gasteiger partial charge is 0.372 e. The number of morpholine rings is 1. The molecule has 2 rings (SSSR count). The van der Waals surface area contributed by atoms with E-state index in [1.54, 1.807) is 13.8 Å². The van der Waals surface area contributed by atoms with Crippen molar-refractivity contribution in [3.63, 3.8) is 0 Å². The number of nitrogens with zero attached hydrogens (tertiary/aromatic N) is 1. The van der Waals surface area contributed by atoms with Gasteiger partial charge in [-0.1, -0.05) is 31.4 Å². The van der Waals surface area contributed by atoms with Gasteiger partial charge in [0, 0.05) is 18.8 Å². The molecule has 1 aromatic carbocycles. The van der Waals surface area contributed by atoms with Gasteiger partial charge in [-0.2, -0.15) is 0 Å². The Kier molecular flexibility index (Phi) is 8.62. The molecule has 0 aromatic heterocycles. The summed E-state index contributed by atoms with van der Waals surface area (Å²) < 4.78 is 29.4. The summed E-state index contributed by atoms with van der Waals surface area (Å²) in [5, 5.41) is -0.246. The number of hydrogen-bond donors (Lipinski definition) is 0. The molecule has 0 bridgehead atoms. The van der Waals surface area contributed by atoms with E-state index in [0.717, 1.165) is 38.8 Å². The Balaban J connectivity index is 1.64. The van der Waals surface area contributed by atoms with E-state index >= 15 is 0 Å². The molecule has 1 fully saturated rings. The first kappa shape index (κ1) is 22.2. The van der Waals surface area contributed by atoms with E-state index in [1.807, 2.05) is 0 Å². The Morgan fingerprint density at radius 1 is 0.963 bits per heavy atom. The van der Waals surface area contributed by atoms with Crippen LogP contribution in [0.5, 0.6) is 0 Å². The molecule has 1 heterocycles. The second kappa shape index (κ2) is 10.5. The van der Waals surface area contributed by atoms with Crippen molar-refractivity contribution in [2.75, 3.05) is 23.7 Å². The van der Waals surface area contributed by atoms with Crippen LogP contribution in [0.25, 0.3) is 0 Å². The van der Waals surface area contributed by atoms with Gasteiger partial charge < -0.3 is 9.64 Å². The van der Waals surface area contributed by atoms with Crippen LogP contribution in [0.1, 0.15) is 65.4 Å². The Morgan fingerprint density at radius 3 is 2.11 bits per heavy atom. The summed E-state index contributed by atoms with van der Waals surface area (Å²) in [6.45, 7) is 9.71. The molecule has 154 valence electrons. The van der Waals surface area contributed by atoms with Crippen LogP contribution in [0.2, 0.25) is 0 Å². The number of hydrogen-bond acceptors (Lipinski definition) is 4. The van der Waals surface area contributed by atoms with Crippen LogP contribution in [-0.4, -0.2) is 44.7 Å². The SMILES string of the molecule is CC(C)S(=O)(=O)CCCCCCCc1ccc(N2C[C@@H](C)O[C@@H](C)C2)cc1. The zero-order valence-corrected chi connectivity index (χ0v) is 18.3. The quantitative estimate of drug-likeness (QED) is 0.543. The minimum atomic E-state index is -2.87. The Bertz CT molecular complexity index is 645. The van der Waals surface area contributed by atoms with Gasteiger partial charge in [-0.25, -0.2) is 8.42 Å². The Labute approximate surface area is 166 Å². The molecule has 0 amide bonds. The monoisotopic (exact) mass is 395 g/mol. The van der Waals surface area contributed by atoms with Gasteiger partial charge in [-0.05, 0) is 64.7 Å². The minimum absolute atomic E-state index is 0.246. The second-order valence-electron chi connectivity index (χ2n) is 8.26. The summed E-state index contributed by atoms with van der Waals surface area (Å²) in [6, 6.07) is 8.96. The van der Waals surface area contributed by atoms with Gasteiger partial charge in [-0.3, -0.25) is 0 Å². The average Bonchev–Trinajstić information content (AvgIpc) is 2.60. The lowest BCUT2D eigenvalue weighted by atomic mass is 10.0. The predicted molar refractivity (Wildman–Crippen MR) is 114 cm³/mol. The van der Waals surface area contributed by atoms with Crippen LogP contribution in [0.3, 0.4) is 0 Å². The van der Waals surface area contributed by atoms with Crippen LogP contribution >= 0.6 is 0 Å². The molecule has 1 aliphatic rings. The maximum Gasteiger partial charge on any atom is 0.152 e. The standard InChI is InChI=1S/C22H37NO3S/c1-18(2)27(24,25)15-9-7-5-6-8-10-21-11-13-22(14-12-21)23-16-19(3)26-20(4)17-23/h11-14,18-20H,5-10,15-17H2,1-4H3/t19-,20+. The number of aryl methyl sites for hydroxylation is 1. The molecule has 0 saturated carbocycles. The molecule has 2 atom stereocenters. The van der Waals surface area contributed by atoms with E-state index in [1.165, 1.54) is 24.1 Å². The van der Waals surface area contributed by atoms with Crippen molar-refractivity contribution >= 4 is 15.5 Å². The lowest BCUT2D eigenvalue weighted by molar-refractivity contribution is -0.00521. The van der Waals surface area contributed by atoms with E-state index < -0.39 is 9.84 Å².